The molecule has 1 heterocycles. The van der Waals surface area contributed by atoms with Crippen LogP contribution >= 0.6 is 0 Å². The Balaban J connectivity index is 2.15. The Kier molecular flexibility index (Phi) is 2.85. The van der Waals surface area contributed by atoms with Gasteiger partial charge in [-0.15, -0.1) is 0 Å². The number of rotatable bonds is 3. The van der Waals surface area contributed by atoms with Gasteiger partial charge in [0.1, 0.15) is 5.75 Å². The zero-order chi connectivity index (χ0) is 13.4. The monoisotopic (exact) mass is 257 g/mol. The van der Waals surface area contributed by atoms with E-state index in [0.717, 1.165) is 23.8 Å². The summed E-state index contributed by atoms with van der Waals surface area (Å²) in [6.45, 7) is 2.13. The number of nitrogens with zero attached hydrogens (tertiary/aromatic N) is 1. The third-order valence-corrected chi connectivity index (χ3v) is 3.31. The summed E-state index contributed by atoms with van der Waals surface area (Å²) in [7, 11) is 0. The summed E-state index contributed by atoms with van der Waals surface area (Å²) in [4.78, 5) is 16.4. The first-order chi connectivity index (χ1) is 9.19. The number of phenols is 1. The van der Waals surface area contributed by atoms with Crippen LogP contribution in [0.4, 0.5) is 0 Å². The third kappa shape index (κ3) is 2.26. The largest absolute Gasteiger partial charge is 0.508 e. The molecule has 0 saturated heterocycles. The smallest absolute Gasteiger partial charge is 0.357 e. The lowest BCUT2D eigenvalue weighted by Crippen LogP contribution is -2.10. The number of aromatic hydroxyl groups is 1. The fraction of sp³-hybridized carbons (Fsp3) is 0.333. The van der Waals surface area contributed by atoms with Gasteiger partial charge in [0, 0.05) is 5.39 Å². The zero-order valence-corrected chi connectivity index (χ0v) is 10.7. The summed E-state index contributed by atoms with van der Waals surface area (Å²) in [6, 6.07) is 6.90. The van der Waals surface area contributed by atoms with Gasteiger partial charge in [0.25, 0.3) is 0 Å². The Morgan fingerprint density at radius 2 is 2.21 bits per heavy atom. The van der Waals surface area contributed by atoms with E-state index in [0.29, 0.717) is 23.7 Å². The van der Waals surface area contributed by atoms with Crippen LogP contribution in [0.3, 0.4) is 0 Å². The molecule has 1 aliphatic rings. The predicted molar refractivity (Wildman–Crippen MR) is 71.3 cm³/mol. The molecule has 0 bridgehead atoms. The fourth-order valence-electron chi connectivity index (χ4n) is 2.25. The standard InChI is InChI=1S/C15H15NO3/c1-2-19-15(18)14-12(9-3-4-9)8-10-7-11(17)5-6-13(10)16-14/h5-9,17H,2-4H2,1H3. The van der Waals surface area contributed by atoms with Crippen molar-refractivity contribution >= 4 is 16.9 Å². The maximum absolute atomic E-state index is 12.0. The van der Waals surface area contributed by atoms with Gasteiger partial charge in [-0.05, 0) is 55.5 Å². The van der Waals surface area contributed by atoms with E-state index < -0.39 is 0 Å². The minimum atomic E-state index is -0.362. The van der Waals surface area contributed by atoms with Crippen LogP contribution in [-0.2, 0) is 4.74 Å². The molecule has 1 aliphatic carbocycles. The highest BCUT2D eigenvalue weighted by atomic mass is 16.5. The second kappa shape index (κ2) is 4.53. The fourth-order valence-corrected chi connectivity index (χ4v) is 2.25. The van der Waals surface area contributed by atoms with E-state index in [4.69, 9.17) is 4.74 Å². The van der Waals surface area contributed by atoms with Crippen LogP contribution in [0, 0.1) is 0 Å². The molecule has 0 unspecified atom stereocenters. The highest BCUT2D eigenvalue weighted by Crippen LogP contribution is 2.42. The molecule has 0 atom stereocenters. The molecule has 2 aromatic rings. The van der Waals surface area contributed by atoms with Crippen molar-refractivity contribution in [3.63, 3.8) is 0 Å². The lowest BCUT2D eigenvalue weighted by molar-refractivity contribution is 0.0518. The molecule has 4 heteroatoms. The first-order valence-electron chi connectivity index (χ1n) is 6.50. The zero-order valence-electron chi connectivity index (χ0n) is 10.7. The van der Waals surface area contributed by atoms with Crippen LogP contribution in [0.1, 0.15) is 41.7 Å². The van der Waals surface area contributed by atoms with Gasteiger partial charge in [-0.2, -0.15) is 0 Å². The van der Waals surface area contributed by atoms with E-state index in [-0.39, 0.29) is 11.7 Å². The summed E-state index contributed by atoms with van der Waals surface area (Å²) in [5.74, 6) is 0.248. The molecular weight excluding hydrogens is 242 g/mol. The Bertz CT molecular complexity index is 647. The van der Waals surface area contributed by atoms with Gasteiger partial charge in [-0.3, -0.25) is 0 Å². The number of fused-ring (bicyclic) bond motifs is 1. The molecule has 1 aromatic heterocycles. The van der Waals surface area contributed by atoms with E-state index in [1.165, 1.54) is 0 Å². The molecule has 1 aromatic carbocycles. The third-order valence-electron chi connectivity index (χ3n) is 3.31. The first kappa shape index (κ1) is 12.0. The van der Waals surface area contributed by atoms with Gasteiger partial charge < -0.3 is 9.84 Å². The molecule has 3 rings (SSSR count). The predicted octanol–water partition coefficient (Wildman–Crippen LogP) is 2.99. The van der Waals surface area contributed by atoms with E-state index in [9.17, 15) is 9.90 Å². The minimum Gasteiger partial charge on any atom is -0.508 e. The molecule has 0 spiro atoms. The first-order valence-corrected chi connectivity index (χ1v) is 6.50. The SMILES string of the molecule is CCOC(=O)c1nc2ccc(O)cc2cc1C1CC1. The number of hydrogen-bond acceptors (Lipinski definition) is 4. The van der Waals surface area contributed by atoms with Gasteiger partial charge in [-0.25, -0.2) is 9.78 Å². The summed E-state index contributed by atoms with van der Waals surface area (Å²) in [6.07, 6.45) is 2.16. The highest BCUT2D eigenvalue weighted by molar-refractivity contribution is 5.93. The van der Waals surface area contributed by atoms with Crippen LogP contribution in [0.2, 0.25) is 0 Å². The quantitative estimate of drug-likeness (QED) is 0.859. The van der Waals surface area contributed by atoms with Gasteiger partial charge >= 0.3 is 5.97 Å². The van der Waals surface area contributed by atoms with Crippen LogP contribution in [0.25, 0.3) is 10.9 Å². The molecule has 0 radical (unpaired) electrons. The number of esters is 1. The Morgan fingerprint density at radius 1 is 1.42 bits per heavy atom. The molecule has 4 nitrogen and oxygen atoms in total. The second-order valence-corrected chi connectivity index (χ2v) is 4.80. The molecule has 1 fully saturated rings. The van der Waals surface area contributed by atoms with Crippen molar-refractivity contribution in [2.75, 3.05) is 6.61 Å². The topological polar surface area (TPSA) is 59.4 Å². The summed E-state index contributed by atoms with van der Waals surface area (Å²) >= 11 is 0. The Labute approximate surface area is 111 Å². The molecule has 1 N–H and O–H groups in total. The van der Waals surface area contributed by atoms with Gasteiger partial charge in [0.15, 0.2) is 5.69 Å². The maximum atomic E-state index is 12.0. The van der Waals surface area contributed by atoms with E-state index in [1.54, 1.807) is 25.1 Å². The normalized spacial score (nSPS) is 14.6. The molecule has 1 saturated carbocycles. The van der Waals surface area contributed by atoms with Gasteiger partial charge in [-0.1, -0.05) is 0 Å². The lowest BCUT2D eigenvalue weighted by Gasteiger charge is -2.09. The van der Waals surface area contributed by atoms with Crippen molar-refractivity contribution in [3.8, 4) is 5.75 Å². The molecule has 0 amide bonds. The Hall–Kier alpha value is -2.10. The van der Waals surface area contributed by atoms with Crippen molar-refractivity contribution in [1.82, 2.24) is 4.98 Å². The van der Waals surface area contributed by atoms with Crippen molar-refractivity contribution in [2.24, 2.45) is 0 Å². The summed E-state index contributed by atoms with van der Waals surface area (Å²) < 4.78 is 5.07. The molecule has 0 aliphatic heterocycles. The van der Waals surface area contributed by atoms with Crippen molar-refractivity contribution in [2.45, 2.75) is 25.7 Å². The van der Waals surface area contributed by atoms with Crippen molar-refractivity contribution < 1.29 is 14.6 Å². The number of aromatic nitrogens is 1. The van der Waals surface area contributed by atoms with Gasteiger partial charge in [0.2, 0.25) is 0 Å². The number of ether oxygens (including phenoxy) is 1. The number of carbonyl (C=O) groups excluding carboxylic acids is 1. The minimum absolute atomic E-state index is 0.208. The molecule has 19 heavy (non-hydrogen) atoms. The maximum Gasteiger partial charge on any atom is 0.357 e. The number of pyridine rings is 1. The highest BCUT2D eigenvalue weighted by Gasteiger charge is 2.30. The molecular formula is C15H15NO3. The number of carbonyl (C=O) groups is 1. The summed E-state index contributed by atoms with van der Waals surface area (Å²) in [5.41, 5.74) is 2.06. The number of hydrogen-bond donors (Lipinski definition) is 1. The number of phenolic OH excluding ortho intramolecular Hbond substituents is 1. The van der Waals surface area contributed by atoms with E-state index in [2.05, 4.69) is 4.98 Å². The lowest BCUT2D eigenvalue weighted by atomic mass is 10.0. The van der Waals surface area contributed by atoms with Crippen LogP contribution in [-0.4, -0.2) is 22.7 Å². The van der Waals surface area contributed by atoms with Crippen molar-refractivity contribution in [1.29, 1.82) is 0 Å². The second-order valence-electron chi connectivity index (χ2n) is 4.80. The molecule has 98 valence electrons. The van der Waals surface area contributed by atoms with E-state index in [1.807, 2.05) is 6.07 Å². The van der Waals surface area contributed by atoms with E-state index >= 15 is 0 Å². The average Bonchev–Trinajstić information content (AvgIpc) is 3.21. The Morgan fingerprint density at radius 3 is 2.89 bits per heavy atom. The van der Waals surface area contributed by atoms with Crippen molar-refractivity contribution in [3.05, 3.63) is 35.5 Å². The average molecular weight is 257 g/mol. The van der Waals surface area contributed by atoms with Crippen LogP contribution < -0.4 is 0 Å². The summed E-state index contributed by atoms with van der Waals surface area (Å²) in [5, 5.41) is 10.4. The number of benzene rings is 1. The van der Waals surface area contributed by atoms with Gasteiger partial charge in [0.05, 0.1) is 12.1 Å². The van der Waals surface area contributed by atoms with Crippen LogP contribution in [0.5, 0.6) is 5.75 Å². The van der Waals surface area contributed by atoms with Crippen LogP contribution in [0.15, 0.2) is 24.3 Å².